The lowest BCUT2D eigenvalue weighted by Gasteiger charge is -2.20. The molecular weight excluding hydrogens is 324 g/mol. The molecule has 0 saturated heterocycles. The average molecular weight is 340 g/mol. The smallest absolute Gasteiger partial charge is 0.178 e. The molecule has 0 aliphatic carbocycles. The van der Waals surface area contributed by atoms with E-state index in [-0.39, 0.29) is 0 Å². The number of para-hydroxylation sites is 2. The van der Waals surface area contributed by atoms with E-state index < -0.39 is 0 Å². The molecule has 0 aliphatic heterocycles. The number of aromatic nitrogens is 5. The molecule has 0 N–H and O–H groups in total. The predicted molar refractivity (Wildman–Crippen MR) is 102 cm³/mol. The van der Waals surface area contributed by atoms with Crippen LogP contribution in [0.1, 0.15) is 0 Å². The summed E-state index contributed by atoms with van der Waals surface area (Å²) in [5, 5.41) is 3.17. The Bertz CT molecular complexity index is 1200. The zero-order valence-electron chi connectivity index (χ0n) is 14.2. The second kappa shape index (κ2) is 5.70. The Morgan fingerprint density at radius 1 is 0.846 bits per heavy atom. The fraction of sp³-hybridized carbons (Fsp3) is 0.0500. The summed E-state index contributed by atoms with van der Waals surface area (Å²) in [5.41, 5.74) is 3.68. The molecular formula is C20H16N6. The van der Waals surface area contributed by atoms with Crippen molar-refractivity contribution < 1.29 is 0 Å². The summed E-state index contributed by atoms with van der Waals surface area (Å²) in [6, 6.07) is 20.4. The maximum Gasteiger partial charge on any atom is 0.178 e. The highest BCUT2D eigenvalue weighted by Gasteiger charge is 2.16. The molecule has 0 saturated carbocycles. The Labute approximate surface area is 150 Å². The molecule has 0 spiro atoms. The number of anilines is 1. The molecule has 0 unspecified atom stereocenters. The Balaban J connectivity index is 1.67. The third-order valence-corrected chi connectivity index (χ3v) is 4.56. The summed E-state index contributed by atoms with van der Waals surface area (Å²) in [7, 11) is 1.98. The van der Waals surface area contributed by atoms with E-state index in [9.17, 15) is 0 Å². The van der Waals surface area contributed by atoms with E-state index in [4.69, 9.17) is 0 Å². The number of benzene rings is 2. The molecule has 3 aromatic heterocycles. The molecule has 0 bridgehead atoms. The van der Waals surface area contributed by atoms with Crippen molar-refractivity contribution in [2.24, 2.45) is 0 Å². The quantitative estimate of drug-likeness (QED) is 0.503. The van der Waals surface area contributed by atoms with Crippen molar-refractivity contribution in [3.05, 3.63) is 79.5 Å². The van der Waals surface area contributed by atoms with E-state index in [1.54, 1.807) is 12.7 Å². The molecule has 3 heterocycles. The van der Waals surface area contributed by atoms with Crippen LogP contribution in [0, 0.1) is 0 Å². The van der Waals surface area contributed by atoms with Gasteiger partial charge in [0.05, 0.1) is 5.52 Å². The zero-order valence-corrected chi connectivity index (χ0v) is 14.2. The minimum absolute atomic E-state index is 0.756. The Hall–Kier alpha value is -3.67. The lowest BCUT2D eigenvalue weighted by Crippen LogP contribution is -2.24. The Morgan fingerprint density at radius 2 is 1.65 bits per heavy atom. The van der Waals surface area contributed by atoms with Crippen LogP contribution in [0.25, 0.3) is 27.8 Å². The van der Waals surface area contributed by atoms with E-state index in [1.807, 2.05) is 65.3 Å². The van der Waals surface area contributed by atoms with Crippen molar-refractivity contribution in [2.75, 3.05) is 12.1 Å². The molecule has 5 aromatic rings. The van der Waals surface area contributed by atoms with E-state index in [0.717, 1.165) is 28.2 Å². The van der Waals surface area contributed by atoms with Crippen LogP contribution >= 0.6 is 0 Å². The minimum atomic E-state index is 0.756. The first-order valence-corrected chi connectivity index (χ1v) is 8.36. The summed E-state index contributed by atoms with van der Waals surface area (Å²) in [4.78, 5) is 13.5. The summed E-state index contributed by atoms with van der Waals surface area (Å²) in [6.07, 6.45) is 5.41. The Morgan fingerprint density at radius 3 is 2.54 bits per heavy atom. The van der Waals surface area contributed by atoms with Crippen LogP contribution in [0.2, 0.25) is 0 Å². The topological polar surface area (TPSA) is 51.8 Å². The fourth-order valence-electron chi connectivity index (χ4n) is 3.27. The summed E-state index contributed by atoms with van der Waals surface area (Å²) >= 11 is 0. The molecule has 6 heteroatoms. The molecule has 0 atom stereocenters. The van der Waals surface area contributed by atoms with Crippen molar-refractivity contribution >= 4 is 27.9 Å². The van der Waals surface area contributed by atoms with Crippen LogP contribution in [-0.4, -0.2) is 31.2 Å². The van der Waals surface area contributed by atoms with Crippen LogP contribution in [-0.2, 0) is 0 Å². The van der Waals surface area contributed by atoms with Crippen molar-refractivity contribution in [2.45, 2.75) is 0 Å². The van der Waals surface area contributed by atoms with Gasteiger partial charge in [0.15, 0.2) is 17.0 Å². The molecule has 0 amide bonds. The molecule has 5 rings (SSSR count). The van der Waals surface area contributed by atoms with Gasteiger partial charge in [0, 0.05) is 24.3 Å². The van der Waals surface area contributed by atoms with Gasteiger partial charge in [-0.2, -0.15) is 0 Å². The standard InChI is InChI=1S/C20H16N6/c1-24(26-12-11-15-7-5-6-10-17(15)26)19-18-20(22-13-21-19)25(14-23-18)16-8-3-2-4-9-16/h2-14H,1H3. The summed E-state index contributed by atoms with van der Waals surface area (Å²) in [5.74, 6) is 0.756. The van der Waals surface area contributed by atoms with Crippen molar-refractivity contribution in [3.63, 3.8) is 0 Å². The highest BCUT2D eigenvalue weighted by molar-refractivity contribution is 5.86. The van der Waals surface area contributed by atoms with Gasteiger partial charge in [-0.3, -0.25) is 14.3 Å². The average Bonchev–Trinajstić information content (AvgIpc) is 3.32. The number of imidazole rings is 1. The fourth-order valence-corrected chi connectivity index (χ4v) is 3.27. The molecule has 0 fully saturated rings. The van der Waals surface area contributed by atoms with Gasteiger partial charge in [0.1, 0.15) is 12.7 Å². The van der Waals surface area contributed by atoms with Gasteiger partial charge >= 0.3 is 0 Å². The van der Waals surface area contributed by atoms with Gasteiger partial charge < -0.3 is 0 Å². The number of hydrogen-bond donors (Lipinski definition) is 0. The monoisotopic (exact) mass is 340 g/mol. The van der Waals surface area contributed by atoms with E-state index >= 15 is 0 Å². The van der Waals surface area contributed by atoms with Gasteiger partial charge in [-0.05, 0) is 24.3 Å². The highest BCUT2D eigenvalue weighted by atomic mass is 15.5. The summed E-state index contributed by atoms with van der Waals surface area (Å²) < 4.78 is 4.04. The molecule has 126 valence electrons. The van der Waals surface area contributed by atoms with Crippen molar-refractivity contribution in [1.82, 2.24) is 24.2 Å². The van der Waals surface area contributed by atoms with E-state index in [1.165, 1.54) is 5.39 Å². The number of fused-ring (bicyclic) bond motifs is 2. The van der Waals surface area contributed by atoms with Crippen molar-refractivity contribution in [3.8, 4) is 5.69 Å². The minimum Gasteiger partial charge on any atom is -0.283 e. The van der Waals surface area contributed by atoms with Gasteiger partial charge in [-0.25, -0.2) is 15.0 Å². The number of hydrogen-bond acceptors (Lipinski definition) is 4. The SMILES string of the molecule is CN(c1ncnc2c1ncn2-c1ccccc1)n1ccc2ccccc21. The first-order chi connectivity index (χ1) is 12.8. The lowest BCUT2D eigenvalue weighted by molar-refractivity contribution is 0.793. The highest BCUT2D eigenvalue weighted by Crippen LogP contribution is 2.25. The van der Waals surface area contributed by atoms with Crippen LogP contribution < -0.4 is 5.01 Å². The van der Waals surface area contributed by atoms with Crippen LogP contribution in [0.4, 0.5) is 5.82 Å². The maximum absolute atomic E-state index is 4.59. The number of rotatable bonds is 3. The van der Waals surface area contributed by atoms with Gasteiger partial charge in [0.2, 0.25) is 0 Å². The van der Waals surface area contributed by atoms with Crippen LogP contribution in [0.3, 0.4) is 0 Å². The third kappa shape index (κ3) is 2.16. The zero-order chi connectivity index (χ0) is 17.5. The van der Waals surface area contributed by atoms with Crippen LogP contribution in [0.15, 0.2) is 79.5 Å². The second-order valence-corrected chi connectivity index (χ2v) is 6.06. The molecule has 0 radical (unpaired) electrons. The number of nitrogens with zero attached hydrogens (tertiary/aromatic N) is 6. The predicted octanol–water partition coefficient (Wildman–Crippen LogP) is 3.67. The first kappa shape index (κ1) is 14.7. The summed E-state index contributed by atoms with van der Waals surface area (Å²) in [6.45, 7) is 0. The Kier molecular flexibility index (Phi) is 3.21. The molecule has 26 heavy (non-hydrogen) atoms. The lowest BCUT2D eigenvalue weighted by atomic mass is 10.3. The van der Waals surface area contributed by atoms with Gasteiger partial charge in [-0.15, -0.1) is 0 Å². The third-order valence-electron chi connectivity index (χ3n) is 4.56. The molecule has 2 aromatic carbocycles. The van der Waals surface area contributed by atoms with E-state index in [2.05, 4.69) is 37.8 Å². The van der Waals surface area contributed by atoms with E-state index in [0.29, 0.717) is 0 Å². The second-order valence-electron chi connectivity index (χ2n) is 6.06. The normalized spacial score (nSPS) is 11.3. The maximum atomic E-state index is 4.59. The largest absolute Gasteiger partial charge is 0.283 e. The van der Waals surface area contributed by atoms with Crippen molar-refractivity contribution in [1.29, 1.82) is 0 Å². The van der Waals surface area contributed by atoms with Crippen LogP contribution in [0.5, 0.6) is 0 Å². The first-order valence-electron chi connectivity index (χ1n) is 8.36. The molecule has 6 nitrogen and oxygen atoms in total. The van der Waals surface area contributed by atoms with Gasteiger partial charge in [-0.1, -0.05) is 36.4 Å². The van der Waals surface area contributed by atoms with Gasteiger partial charge in [0.25, 0.3) is 0 Å². The molecule has 0 aliphatic rings.